The van der Waals surface area contributed by atoms with Crippen LogP contribution in [-0.4, -0.2) is 37.5 Å². The van der Waals surface area contributed by atoms with Gasteiger partial charge in [-0.25, -0.2) is 8.42 Å². The molecular weight excluding hydrogens is 480 g/mol. The highest BCUT2D eigenvalue weighted by molar-refractivity contribution is 9.10. The molecule has 9 heteroatoms. The van der Waals surface area contributed by atoms with Crippen LogP contribution in [-0.2, 0) is 14.8 Å². The summed E-state index contributed by atoms with van der Waals surface area (Å²) in [6, 6.07) is 11.2. The minimum Gasteiger partial charge on any atom is -0.325 e. The predicted molar refractivity (Wildman–Crippen MR) is 116 cm³/mol. The van der Waals surface area contributed by atoms with E-state index in [1.165, 1.54) is 23.4 Å². The third-order valence-corrected chi connectivity index (χ3v) is 7.59. The van der Waals surface area contributed by atoms with Gasteiger partial charge in [-0.15, -0.1) is 0 Å². The average Bonchev–Trinajstić information content (AvgIpc) is 2.70. The summed E-state index contributed by atoms with van der Waals surface area (Å²) in [5.74, 6) is -0.668. The molecule has 1 heterocycles. The second-order valence-electron chi connectivity index (χ2n) is 6.88. The molecule has 0 unspecified atom stereocenters. The Labute approximate surface area is 183 Å². The maximum Gasteiger partial charge on any atom is 0.243 e. The lowest BCUT2D eigenvalue weighted by atomic mass is 9.97. The van der Waals surface area contributed by atoms with Crippen LogP contribution in [0.4, 0.5) is 5.69 Å². The van der Waals surface area contributed by atoms with Crippen LogP contribution in [0.2, 0.25) is 5.02 Å². The summed E-state index contributed by atoms with van der Waals surface area (Å²) in [4.78, 5) is 24.2. The van der Waals surface area contributed by atoms with Crippen molar-refractivity contribution in [1.29, 1.82) is 0 Å². The Morgan fingerprint density at radius 3 is 2.45 bits per heavy atom. The Hall–Kier alpha value is -1.74. The van der Waals surface area contributed by atoms with Crippen molar-refractivity contribution in [3.8, 4) is 0 Å². The number of ketones is 1. The largest absolute Gasteiger partial charge is 0.325 e. The molecule has 154 valence electrons. The highest BCUT2D eigenvalue weighted by Gasteiger charge is 2.32. The van der Waals surface area contributed by atoms with Crippen molar-refractivity contribution in [1.82, 2.24) is 4.31 Å². The molecule has 0 aromatic heterocycles. The second-order valence-corrected chi connectivity index (χ2v) is 10.1. The average molecular weight is 500 g/mol. The van der Waals surface area contributed by atoms with Crippen molar-refractivity contribution in [2.45, 2.75) is 24.7 Å². The van der Waals surface area contributed by atoms with Gasteiger partial charge in [0.2, 0.25) is 15.9 Å². The maximum absolute atomic E-state index is 12.9. The third-order valence-electron chi connectivity index (χ3n) is 4.89. The highest BCUT2D eigenvalue weighted by Crippen LogP contribution is 2.28. The van der Waals surface area contributed by atoms with E-state index in [1.807, 2.05) is 0 Å². The number of nitrogens with zero attached hydrogens (tertiary/aromatic N) is 1. The molecule has 0 spiro atoms. The standard InChI is InChI=1S/C20H20BrClN2O4S/c1-13(25)15-3-2-4-17(11-15)29(27,28)24-9-7-14(8-10-24)20(26)23-19-6-5-16(21)12-18(19)22/h2-6,11-12,14H,7-10H2,1H3,(H,23,26). The van der Waals surface area contributed by atoms with Crippen LogP contribution in [0, 0.1) is 5.92 Å². The molecule has 0 aliphatic carbocycles. The Kier molecular flexibility index (Phi) is 6.78. The van der Waals surface area contributed by atoms with E-state index in [1.54, 1.807) is 30.3 Å². The molecule has 1 aliphatic heterocycles. The van der Waals surface area contributed by atoms with Gasteiger partial charge in [0.25, 0.3) is 0 Å². The van der Waals surface area contributed by atoms with Crippen LogP contribution in [0.5, 0.6) is 0 Å². The van der Waals surface area contributed by atoms with Gasteiger partial charge in [-0.3, -0.25) is 9.59 Å². The van der Waals surface area contributed by atoms with Crippen LogP contribution < -0.4 is 5.32 Å². The molecule has 1 saturated heterocycles. The molecule has 0 saturated carbocycles. The Bertz CT molecular complexity index is 1050. The van der Waals surface area contributed by atoms with Crippen LogP contribution in [0.3, 0.4) is 0 Å². The Morgan fingerprint density at radius 1 is 1.14 bits per heavy atom. The monoisotopic (exact) mass is 498 g/mol. The third kappa shape index (κ3) is 5.06. The van der Waals surface area contributed by atoms with E-state index in [4.69, 9.17) is 11.6 Å². The Morgan fingerprint density at radius 2 is 1.83 bits per heavy atom. The molecule has 0 radical (unpaired) electrons. The second kappa shape index (κ2) is 8.95. The number of amides is 1. The minimum atomic E-state index is -3.71. The van der Waals surface area contributed by atoms with Crippen LogP contribution in [0.1, 0.15) is 30.1 Å². The molecule has 1 N–H and O–H groups in total. The summed E-state index contributed by atoms with van der Waals surface area (Å²) in [6.07, 6.45) is 0.817. The smallest absolute Gasteiger partial charge is 0.243 e. The number of sulfonamides is 1. The van der Waals surface area contributed by atoms with Gasteiger partial charge in [0, 0.05) is 29.0 Å². The fraction of sp³-hybridized carbons (Fsp3) is 0.300. The SMILES string of the molecule is CC(=O)c1cccc(S(=O)(=O)N2CCC(C(=O)Nc3ccc(Br)cc3Cl)CC2)c1. The first-order valence-corrected chi connectivity index (χ1v) is 11.7. The minimum absolute atomic E-state index is 0.0924. The van der Waals surface area contributed by atoms with Crippen molar-refractivity contribution >= 4 is 54.9 Å². The number of hydrogen-bond acceptors (Lipinski definition) is 4. The topological polar surface area (TPSA) is 83.6 Å². The van der Waals surface area contributed by atoms with Crippen LogP contribution >= 0.6 is 27.5 Å². The molecule has 1 aliphatic rings. The summed E-state index contributed by atoms with van der Waals surface area (Å²) in [6.45, 7) is 1.87. The van der Waals surface area contributed by atoms with E-state index in [2.05, 4.69) is 21.2 Å². The summed E-state index contributed by atoms with van der Waals surface area (Å²) in [5, 5.41) is 3.24. The lowest BCUT2D eigenvalue weighted by molar-refractivity contribution is -0.120. The molecule has 6 nitrogen and oxygen atoms in total. The van der Waals surface area contributed by atoms with Gasteiger partial charge in [-0.05, 0) is 50.1 Å². The van der Waals surface area contributed by atoms with E-state index < -0.39 is 10.0 Å². The molecule has 29 heavy (non-hydrogen) atoms. The molecular formula is C20H20BrClN2O4S. The van der Waals surface area contributed by atoms with Crippen LogP contribution in [0.25, 0.3) is 0 Å². The normalized spacial score (nSPS) is 15.8. The van der Waals surface area contributed by atoms with Gasteiger partial charge >= 0.3 is 0 Å². The molecule has 2 aromatic rings. The lowest BCUT2D eigenvalue weighted by Crippen LogP contribution is -2.41. The van der Waals surface area contributed by atoms with Gasteiger partial charge in [-0.1, -0.05) is 39.7 Å². The van der Waals surface area contributed by atoms with Crippen molar-refractivity contribution in [3.05, 3.63) is 57.5 Å². The predicted octanol–water partition coefficient (Wildman–Crippen LogP) is 4.34. The summed E-state index contributed by atoms with van der Waals surface area (Å²) < 4.78 is 28.0. The van der Waals surface area contributed by atoms with E-state index >= 15 is 0 Å². The molecule has 1 fully saturated rings. The zero-order valence-electron chi connectivity index (χ0n) is 15.7. The number of benzene rings is 2. The number of halogens is 2. The highest BCUT2D eigenvalue weighted by atomic mass is 79.9. The van der Waals surface area contributed by atoms with Crippen molar-refractivity contribution < 1.29 is 18.0 Å². The fourth-order valence-corrected chi connectivity index (χ4v) is 5.45. The number of carbonyl (C=O) groups is 2. The molecule has 0 bridgehead atoms. The van der Waals surface area contributed by atoms with E-state index in [9.17, 15) is 18.0 Å². The quantitative estimate of drug-likeness (QED) is 0.620. The zero-order chi connectivity index (χ0) is 21.2. The Balaban J connectivity index is 1.65. The first-order chi connectivity index (χ1) is 13.7. The van der Waals surface area contributed by atoms with Crippen molar-refractivity contribution in [2.75, 3.05) is 18.4 Å². The molecule has 0 atom stereocenters. The first kappa shape index (κ1) is 22.0. The number of Topliss-reactive ketones (excluding diaryl/α,β-unsaturated/α-hetero) is 1. The maximum atomic E-state index is 12.9. The number of hydrogen-bond donors (Lipinski definition) is 1. The van der Waals surface area contributed by atoms with E-state index in [0.717, 1.165) is 4.47 Å². The fourth-order valence-electron chi connectivity index (χ4n) is 3.21. The summed E-state index contributed by atoms with van der Waals surface area (Å²) in [5.41, 5.74) is 0.877. The van der Waals surface area contributed by atoms with Gasteiger partial charge in [0.1, 0.15) is 0 Å². The zero-order valence-corrected chi connectivity index (χ0v) is 18.9. The lowest BCUT2D eigenvalue weighted by Gasteiger charge is -2.30. The van der Waals surface area contributed by atoms with Crippen LogP contribution in [0.15, 0.2) is 51.8 Å². The number of nitrogens with one attached hydrogen (secondary N) is 1. The van der Waals surface area contributed by atoms with E-state index in [-0.39, 0.29) is 35.6 Å². The van der Waals surface area contributed by atoms with Crippen molar-refractivity contribution in [3.63, 3.8) is 0 Å². The summed E-state index contributed by atoms with van der Waals surface area (Å²) in [7, 11) is -3.71. The number of piperidine rings is 1. The van der Waals surface area contributed by atoms with Gasteiger partial charge in [0.05, 0.1) is 15.6 Å². The first-order valence-electron chi connectivity index (χ1n) is 9.05. The molecule has 3 rings (SSSR count). The van der Waals surface area contributed by atoms with Gasteiger partial charge in [0.15, 0.2) is 5.78 Å². The molecule has 2 aromatic carbocycles. The van der Waals surface area contributed by atoms with Crippen molar-refractivity contribution in [2.24, 2.45) is 5.92 Å². The molecule has 1 amide bonds. The number of anilines is 1. The summed E-state index contributed by atoms with van der Waals surface area (Å²) >= 11 is 9.46. The number of rotatable bonds is 5. The number of carbonyl (C=O) groups excluding carboxylic acids is 2. The van der Waals surface area contributed by atoms with E-state index in [0.29, 0.717) is 29.1 Å². The van der Waals surface area contributed by atoms with Gasteiger partial charge in [-0.2, -0.15) is 4.31 Å². The van der Waals surface area contributed by atoms with Gasteiger partial charge < -0.3 is 5.32 Å².